The highest BCUT2D eigenvalue weighted by atomic mass is 15.2. The number of nitriles is 1. The second-order valence-electron chi connectivity index (χ2n) is 5.94. The van der Waals surface area contributed by atoms with Gasteiger partial charge < -0.3 is 0 Å². The number of rotatable bonds is 6. The summed E-state index contributed by atoms with van der Waals surface area (Å²) in [5.74, 6) is 0. The van der Waals surface area contributed by atoms with E-state index in [-0.39, 0.29) is 5.54 Å². The first-order valence-corrected chi connectivity index (χ1v) is 7.66. The van der Waals surface area contributed by atoms with Crippen molar-refractivity contribution in [2.24, 2.45) is 0 Å². The van der Waals surface area contributed by atoms with Crippen LogP contribution in [0.15, 0.2) is 0 Å². The standard InChI is InChI=1S/C15H27N3/c1-3-10-18(13-7-8-13)14-6-5-9-15(11-14,12-16)17-4-2/h13-14,17H,3-11H2,1-2H3. The van der Waals surface area contributed by atoms with Crippen molar-refractivity contribution in [2.45, 2.75) is 76.4 Å². The van der Waals surface area contributed by atoms with Gasteiger partial charge in [-0.15, -0.1) is 0 Å². The Bertz CT molecular complexity index is 301. The maximum absolute atomic E-state index is 9.53. The summed E-state index contributed by atoms with van der Waals surface area (Å²) in [4.78, 5) is 2.70. The van der Waals surface area contributed by atoms with Crippen molar-refractivity contribution in [1.82, 2.24) is 10.2 Å². The van der Waals surface area contributed by atoms with Gasteiger partial charge in [0.1, 0.15) is 5.54 Å². The van der Waals surface area contributed by atoms with Crippen molar-refractivity contribution in [3.63, 3.8) is 0 Å². The third-order valence-electron chi connectivity index (χ3n) is 4.42. The molecule has 2 rings (SSSR count). The first kappa shape index (κ1) is 13.8. The molecule has 3 heteroatoms. The smallest absolute Gasteiger partial charge is 0.108 e. The van der Waals surface area contributed by atoms with Crippen LogP contribution in [-0.4, -0.2) is 35.6 Å². The summed E-state index contributed by atoms with van der Waals surface area (Å²) < 4.78 is 0. The van der Waals surface area contributed by atoms with Crippen molar-refractivity contribution in [1.29, 1.82) is 5.26 Å². The van der Waals surface area contributed by atoms with Gasteiger partial charge in [0.25, 0.3) is 0 Å². The molecule has 102 valence electrons. The lowest BCUT2D eigenvalue weighted by atomic mass is 9.79. The van der Waals surface area contributed by atoms with E-state index in [4.69, 9.17) is 0 Å². The summed E-state index contributed by atoms with van der Waals surface area (Å²) in [6.45, 7) is 6.48. The number of nitrogens with zero attached hydrogens (tertiary/aromatic N) is 2. The monoisotopic (exact) mass is 249 g/mol. The molecule has 2 aliphatic rings. The topological polar surface area (TPSA) is 39.1 Å². The van der Waals surface area contributed by atoms with E-state index in [0.29, 0.717) is 6.04 Å². The van der Waals surface area contributed by atoms with Crippen LogP contribution in [-0.2, 0) is 0 Å². The van der Waals surface area contributed by atoms with E-state index in [1.807, 2.05) is 0 Å². The Morgan fingerprint density at radius 2 is 2.06 bits per heavy atom. The second kappa shape index (κ2) is 6.04. The number of nitrogens with one attached hydrogen (secondary N) is 1. The molecule has 0 amide bonds. The van der Waals surface area contributed by atoms with Crippen LogP contribution >= 0.6 is 0 Å². The van der Waals surface area contributed by atoms with Gasteiger partial charge in [0.05, 0.1) is 6.07 Å². The van der Waals surface area contributed by atoms with Gasteiger partial charge in [-0.25, -0.2) is 0 Å². The van der Waals surface area contributed by atoms with E-state index in [9.17, 15) is 5.26 Å². The van der Waals surface area contributed by atoms with E-state index in [0.717, 1.165) is 25.4 Å². The molecule has 0 spiro atoms. The zero-order valence-electron chi connectivity index (χ0n) is 11.9. The minimum absolute atomic E-state index is 0.251. The zero-order chi connectivity index (χ0) is 13.0. The summed E-state index contributed by atoms with van der Waals surface area (Å²) in [6.07, 6.45) is 8.50. The molecule has 1 N–H and O–H groups in total. The molecule has 2 aliphatic carbocycles. The van der Waals surface area contributed by atoms with Gasteiger partial charge in [-0.3, -0.25) is 10.2 Å². The lowest BCUT2D eigenvalue weighted by Gasteiger charge is -2.42. The molecule has 0 radical (unpaired) electrons. The molecule has 18 heavy (non-hydrogen) atoms. The van der Waals surface area contributed by atoms with Crippen molar-refractivity contribution >= 4 is 0 Å². The predicted molar refractivity (Wildman–Crippen MR) is 74.3 cm³/mol. The Hall–Kier alpha value is -0.590. The quantitative estimate of drug-likeness (QED) is 0.786. The van der Waals surface area contributed by atoms with Gasteiger partial charge in [-0.05, 0) is 58.0 Å². The molecule has 3 nitrogen and oxygen atoms in total. The highest BCUT2D eigenvalue weighted by molar-refractivity contribution is 5.11. The highest BCUT2D eigenvalue weighted by Crippen LogP contribution is 2.36. The van der Waals surface area contributed by atoms with E-state index >= 15 is 0 Å². The first-order valence-electron chi connectivity index (χ1n) is 7.66. The molecule has 0 bridgehead atoms. The van der Waals surface area contributed by atoms with E-state index in [1.54, 1.807) is 0 Å². The Balaban J connectivity index is 2.02. The summed E-state index contributed by atoms with van der Waals surface area (Å²) >= 11 is 0. The molecule has 2 fully saturated rings. The van der Waals surface area contributed by atoms with Crippen molar-refractivity contribution in [3.8, 4) is 6.07 Å². The number of hydrogen-bond acceptors (Lipinski definition) is 3. The Morgan fingerprint density at radius 3 is 2.61 bits per heavy atom. The van der Waals surface area contributed by atoms with Crippen LogP contribution in [0.5, 0.6) is 0 Å². The minimum Gasteiger partial charge on any atom is -0.300 e. The van der Waals surface area contributed by atoms with Gasteiger partial charge >= 0.3 is 0 Å². The largest absolute Gasteiger partial charge is 0.300 e. The highest BCUT2D eigenvalue weighted by Gasteiger charge is 2.41. The average molecular weight is 249 g/mol. The van der Waals surface area contributed by atoms with Crippen molar-refractivity contribution in [3.05, 3.63) is 0 Å². The summed E-state index contributed by atoms with van der Waals surface area (Å²) in [5.41, 5.74) is -0.251. The van der Waals surface area contributed by atoms with Crippen LogP contribution in [0.25, 0.3) is 0 Å². The van der Waals surface area contributed by atoms with Crippen LogP contribution in [0, 0.1) is 11.3 Å². The molecule has 0 aromatic rings. The van der Waals surface area contributed by atoms with Crippen molar-refractivity contribution in [2.75, 3.05) is 13.1 Å². The fraction of sp³-hybridized carbons (Fsp3) is 0.933. The summed E-state index contributed by atoms with van der Waals surface area (Å²) in [6, 6.07) is 4.02. The van der Waals surface area contributed by atoms with Crippen LogP contribution in [0.1, 0.15) is 58.8 Å². The third-order valence-corrected chi connectivity index (χ3v) is 4.42. The molecule has 2 atom stereocenters. The molecule has 2 saturated carbocycles. The predicted octanol–water partition coefficient (Wildman–Crippen LogP) is 2.68. The van der Waals surface area contributed by atoms with Crippen LogP contribution in [0.3, 0.4) is 0 Å². The third kappa shape index (κ3) is 3.05. The fourth-order valence-corrected chi connectivity index (χ4v) is 3.50. The maximum Gasteiger partial charge on any atom is 0.108 e. The van der Waals surface area contributed by atoms with Crippen LogP contribution in [0.4, 0.5) is 0 Å². The molecule has 0 aromatic heterocycles. The normalized spacial score (nSPS) is 32.4. The minimum atomic E-state index is -0.251. The molecular weight excluding hydrogens is 222 g/mol. The van der Waals surface area contributed by atoms with Crippen LogP contribution < -0.4 is 5.32 Å². The average Bonchev–Trinajstić information content (AvgIpc) is 3.21. The fourth-order valence-electron chi connectivity index (χ4n) is 3.50. The zero-order valence-corrected chi connectivity index (χ0v) is 11.9. The second-order valence-corrected chi connectivity index (χ2v) is 5.94. The van der Waals surface area contributed by atoms with E-state index in [2.05, 4.69) is 30.1 Å². The van der Waals surface area contributed by atoms with E-state index < -0.39 is 0 Å². The Morgan fingerprint density at radius 1 is 1.28 bits per heavy atom. The lowest BCUT2D eigenvalue weighted by molar-refractivity contribution is 0.113. The molecular formula is C15H27N3. The van der Waals surface area contributed by atoms with Gasteiger partial charge in [0.2, 0.25) is 0 Å². The SMILES string of the molecule is CCCN(C1CC1)C1CCCC(C#N)(NCC)C1. The van der Waals surface area contributed by atoms with Gasteiger partial charge in [-0.2, -0.15) is 5.26 Å². The van der Waals surface area contributed by atoms with Gasteiger partial charge in [0, 0.05) is 12.1 Å². The molecule has 0 aromatic carbocycles. The summed E-state index contributed by atoms with van der Waals surface area (Å²) in [7, 11) is 0. The Labute approximate surface area is 112 Å². The molecule has 0 aliphatic heterocycles. The molecule has 2 unspecified atom stereocenters. The molecule has 0 heterocycles. The maximum atomic E-state index is 9.53. The number of hydrogen-bond donors (Lipinski definition) is 1. The van der Waals surface area contributed by atoms with Crippen LogP contribution in [0.2, 0.25) is 0 Å². The summed E-state index contributed by atoms with van der Waals surface area (Å²) in [5, 5.41) is 13.0. The Kier molecular flexibility index (Phi) is 4.64. The molecule has 0 saturated heterocycles. The first-order chi connectivity index (χ1) is 8.74. The van der Waals surface area contributed by atoms with E-state index in [1.165, 1.54) is 38.6 Å². The van der Waals surface area contributed by atoms with Crippen molar-refractivity contribution < 1.29 is 0 Å². The van der Waals surface area contributed by atoms with Gasteiger partial charge in [-0.1, -0.05) is 13.8 Å². The van der Waals surface area contributed by atoms with Gasteiger partial charge in [0.15, 0.2) is 0 Å². The lowest BCUT2D eigenvalue weighted by Crippen LogP contribution is -2.53.